The van der Waals surface area contributed by atoms with Gasteiger partial charge in [-0.1, -0.05) is 19.1 Å². The van der Waals surface area contributed by atoms with E-state index in [1.54, 1.807) is 32.1 Å². The second-order valence-electron chi connectivity index (χ2n) is 7.71. The van der Waals surface area contributed by atoms with E-state index < -0.39 is 0 Å². The van der Waals surface area contributed by atoms with Crippen LogP contribution in [0.1, 0.15) is 35.7 Å². The van der Waals surface area contributed by atoms with E-state index >= 15 is 0 Å². The minimum atomic E-state index is -0.0898. The molecule has 0 radical (unpaired) electrons. The van der Waals surface area contributed by atoms with Crippen molar-refractivity contribution < 1.29 is 9.59 Å². The maximum atomic E-state index is 11.9. The Morgan fingerprint density at radius 2 is 2.07 bits per heavy atom. The van der Waals surface area contributed by atoms with Crippen molar-refractivity contribution in [2.75, 3.05) is 53.9 Å². The molecule has 166 valence electrons. The van der Waals surface area contributed by atoms with Crippen LogP contribution >= 0.6 is 0 Å². The molecule has 30 heavy (non-hydrogen) atoms. The van der Waals surface area contributed by atoms with Crippen molar-refractivity contribution >= 4 is 17.8 Å². The molecule has 1 aliphatic heterocycles. The Kier molecular flexibility index (Phi) is 9.60. The molecule has 8 heteroatoms. The lowest BCUT2D eigenvalue weighted by Gasteiger charge is -2.24. The van der Waals surface area contributed by atoms with Crippen LogP contribution in [0.25, 0.3) is 0 Å². The third-order valence-corrected chi connectivity index (χ3v) is 5.40. The van der Waals surface area contributed by atoms with E-state index in [0.29, 0.717) is 24.1 Å². The molecule has 1 saturated heterocycles. The predicted octanol–water partition coefficient (Wildman–Crippen LogP) is 0.696. The van der Waals surface area contributed by atoms with Crippen LogP contribution in [0.4, 0.5) is 0 Å². The number of likely N-dealkylation sites (tertiary alicyclic amines) is 1. The summed E-state index contributed by atoms with van der Waals surface area (Å²) in [6.45, 7) is 5.95. The van der Waals surface area contributed by atoms with Gasteiger partial charge in [0.1, 0.15) is 6.54 Å². The number of benzene rings is 1. The van der Waals surface area contributed by atoms with Gasteiger partial charge in [0.15, 0.2) is 5.96 Å². The van der Waals surface area contributed by atoms with Crippen LogP contribution in [0, 0.1) is 0 Å². The number of aliphatic imine (C=N–C) groups is 1. The maximum Gasteiger partial charge on any atom is 0.251 e. The standard InChI is InChI=1S/C22H36N6O2/c1-5-28-13-7-10-19(28)15-25-22(26-16-20(29)27(3)4)24-12-11-17-8-6-9-18(14-17)21(30)23-2/h6,8-9,14,19H,5,7,10-13,15-16H2,1-4H3,(H,23,30)(H2,24,25,26). The molecule has 0 aliphatic carbocycles. The quantitative estimate of drug-likeness (QED) is 0.407. The molecule has 8 nitrogen and oxygen atoms in total. The van der Waals surface area contributed by atoms with Crippen LogP contribution in [0.2, 0.25) is 0 Å². The molecule has 1 atom stereocenters. The van der Waals surface area contributed by atoms with Crippen LogP contribution in [0.5, 0.6) is 0 Å². The van der Waals surface area contributed by atoms with E-state index in [1.807, 2.05) is 18.2 Å². The van der Waals surface area contributed by atoms with Gasteiger partial charge in [-0.2, -0.15) is 0 Å². The maximum absolute atomic E-state index is 11.9. The predicted molar refractivity (Wildman–Crippen MR) is 121 cm³/mol. The SMILES string of the molecule is CCN1CCCC1CNC(=NCC(=O)N(C)C)NCCc1cccc(C(=O)NC)c1. The summed E-state index contributed by atoms with van der Waals surface area (Å²) in [5, 5.41) is 9.39. The molecule has 0 aromatic heterocycles. The number of hydrogen-bond acceptors (Lipinski definition) is 4. The second kappa shape index (κ2) is 12.2. The van der Waals surface area contributed by atoms with Gasteiger partial charge in [0.05, 0.1) is 0 Å². The molecular weight excluding hydrogens is 380 g/mol. The van der Waals surface area contributed by atoms with Crippen LogP contribution in [-0.4, -0.2) is 87.5 Å². The highest BCUT2D eigenvalue weighted by Gasteiger charge is 2.22. The summed E-state index contributed by atoms with van der Waals surface area (Å²) in [4.78, 5) is 32.2. The zero-order valence-corrected chi connectivity index (χ0v) is 18.7. The number of nitrogens with zero attached hydrogens (tertiary/aromatic N) is 3. The fourth-order valence-electron chi connectivity index (χ4n) is 3.56. The Morgan fingerprint density at radius 3 is 2.77 bits per heavy atom. The normalized spacial score (nSPS) is 16.9. The first-order valence-electron chi connectivity index (χ1n) is 10.7. The largest absolute Gasteiger partial charge is 0.356 e. The fraction of sp³-hybridized carbons (Fsp3) is 0.591. The smallest absolute Gasteiger partial charge is 0.251 e. The van der Waals surface area contributed by atoms with E-state index in [0.717, 1.165) is 31.6 Å². The summed E-state index contributed by atoms with van der Waals surface area (Å²) in [5.41, 5.74) is 1.72. The molecule has 1 aromatic carbocycles. The second-order valence-corrected chi connectivity index (χ2v) is 7.71. The molecule has 2 amide bonds. The van der Waals surface area contributed by atoms with Gasteiger partial charge in [-0.05, 0) is 50.0 Å². The summed E-state index contributed by atoms with van der Waals surface area (Å²) in [6.07, 6.45) is 3.15. The number of rotatable bonds is 9. The summed E-state index contributed by atoms with van der Waals surface area (Å²) in [7, 11) is 5.09. The Hall–Kier alpha value is -2.61. The van der Waals surface area contributed by atoms with Crippen molar-refractivity contribution in [2.24, 2.45) is 4.99 Å². The Labute approximate surface area is 180 Å². The van der Waals surface area contributed by atoms with Gasteiger partial charge in [-0.15, -0.1) is 0 Å². The lowest BCUT2D eigenvalue weighted by atomic mass is 10.1. The van der Waals surface area contributed by atoms with Crippen molar-refractivity contribution in [3.05, 3.63) is 35.4 Å². The molecule has 1 unspecified atom stereocenters. The van der Waals surface area contributed by atoms with Crippen molar-refractivity contribution in [2.45, 2.75) is 32.2 Å². The average molecular weight is 417 g/mol. The topological polar surface area (TPSA) is 89.1 Å². The minimum absolute atomic E-state index is 0.0366. The lowest BCUT2D eigenvalue weighted by molar-refractivity contribution is -0.127. The molecule has 1 aliphatic rings. The number of amides is 2. The van der Waals surface area contributed by atoms with Crippen LogP contribution in [0.15, 0.2) is 29.3 Å². The zero-order valence-electron chi connectivity index (χ0n) is 18.7. The van der Waals surface area contributed by atoms with Crippen LogP contribution in [0.3, 0.4) is 0 Å². The van der Waals surface area contributed by atoms with Gasteiger partial charge in [0, 0.05) is 45.8 Å². The first kappa shape index (κ1) is 23.7. The number of carbonyl (C=O) groups excluding carboxylic acids is 2. The Balaban J connectivity index is 1.94. The number of likely N-dealkylation sites (N-methyl/N-ethyl adjacent to an activating group) is 2. The first-order chi connectivity index (χ1) is 14.4. The lowest BCUT2D eigenvalue weighted by Crippen LogP contribution is -2.45. The molecular formula is C22H36N6O2. The monoisotopic (exact) mass is 416 g/mol. The molecule has 0 spiro atoms. The van der Waals surface area contributed by atoms with Crippen molar-refractivity contribution in [3.63, 3.8) is 0 Å². The van der Waals surface area contributed by atoms with Crippen LogP contribution in [-0.2, 0) is 11.2 Å². The van der Waals surface area contributed by atoms with E-state index in [4.69, 9.17) is 0 Å². The highest BCUT2D eigenvalue weighted by atomic mass is 16.2. The van der Waals surface area contributed by atoms with E-state index in [2.05, 4.69) is 32.8 Å². The highest BCUT2D eigenvalue weighted by Crippen LogP contribution is 2.15. The van der Waals surface area contributed by atoms with Gasteiger partial charge in [-0.3, -0.25) is 14.5 Å². The fourth-order valence-corrected chi connectivity index (χ4v) is 3.56. The summed E-state index contributed by atoms with van der Waals surface area (Å²) in [6, 6.07) is 8.10. The molecule has 0 saturated carbocycles. The Bertz CT molecular complexity index is 734. The summed E-state index contributed by atoms with van der Waals surface area (Å²) >= 11 is 0. The van der Waals surface area contributed by atoms with Gasteiger partial charge in [-0.25, -0.2) is 4.99 Å². The molecule has 2 rings (SSSR count). The highest BCUT2D eigenvalue weighted by molar-refractivity contribution is 5.94. The van der Waals surface area contributed by atoms with Gasteiger partial charge >= 0.3 is 0 Å². The molecule has 1 heterocycles. The van der Waals surface area contributed by atoms with E-state index in [9.17, 15) is 9.59 Å². The molecule has 1 fully saturated rings. The van der Waals surface area contributed by atoms with E-state index in [1.165, 1.54) is 12.8 Å². The zero-order chi connectivity index (χ0) is 21.9. The van der Waals surface area contributed by atoms with Gasteiger partial charge in [0.2, 0.25) is 5.91 Å². The number of carbonyl (C=O) groups is 2. The molecule has 0 bridgehead atoms. The Morgan fingerprint density at radius 1 is 1.27 bits per heavy atom. The van der Waals surface area contributed by atoms with Gasteiger partial charge in [0.25, 0.3) is 5.91 Å². The van der Waals surface area contributed by atoms with E-state index in [-0.39, 0.29) is 18.4 Å². The first-order valence-corrected chi connectivity index (χ1v) is 10.7. The number of guanidine groups is 1. The molecule has 3 N–H and O–H groups in total. The van der Waals surface area contributed by atoms with Crippen molar-refractivity contribution in [1.82, 2.24) is 25.8 Å². The molecule has 1 aromatic rings. The number of hydrogen-bond donors (Lipinski definition) is 3. The number of nitrogens with one attached hydrogen (secondary N) is 3. The summed E-state index contributed by atoms with van der Waals surface area (Å²) < 4.78 is 0. The summed E-state index contributed by atoms with van der Waals surface area (Å²) in [5.74, 6) is 0.522. The van der Waals surface area contributed by atoms with Crippen molar-refractivity contribution in [3.8, 4) is 0 Å². The van der Waals surface area contributed by atoms with Gasteiger partial charge < -0.3 is 20.9 Å². The van der Waals surface area contributed by atoms with Crippen LogP contribution < -0.4 is 16.0 Å². The minimum Gasteiger partial charge on any atom is -0.356 e. The third kappa shape index (κ3) is 7.33. The average Bonchev–Trinajstić information content (AvgIpc) is 3.22. The third-order valence-electron chi connectivity index (χ3n) is 5.40. The van der Waals surface area contributed by atoms with Crippen molar-refractivity contribution in [1.29, 1.82) is 0 Å².